The fourth-order valence-corrected chi connectivity index (χ4v) is 3.79. The quantitative estimate of drug-likeness (QED) is 0.586. The third-order valence-electron chi connectivity index (χ3n) is 5.24. The second kappa shape index (κ2) is 9.04. The van der Waals surface area contributed by atoms with Gasteiger partial charge in [-0.1, -0.05) is 6.92 Å². The Morgan fingerprint density at radius 1 is 1.36 bits per heavy atom. The average molecular weight is 345 g/mol. The lowest BCUT2D eigenvalue weighted by molar-refractivity contribution is 0.201. The van der Waals surface area contributed by atoms with Gasteiger partial charge in [-0.25, -0.2) is 9.98 Å². The molecule has 6 nitrogen and oxygen atoms in total. The molecule has 2 fully saturated rings. The molecule has 1 atom stereocenters. The second-order valence-corrected chi connectivity index (χ2v) is 7.03. The minimum Gasteiger partial charge on any atom is -0.474 e. The normalized spacial score (nSPS) is 22.4. The molecule has 1 aliphatic carbocycles. The maximum atomic E-state index is 6.03. The molecule has 0 spiro atoms. The highest BCUT2D eigenvalue weighted by Crippen LogP contribution is 2.23. The molecule has 3 N–H and O–H groups in total. The first-order chi connectivity index (χ1) is 12.2. The first-order valence-electron chi connectivity index (χ1n) is 9.64. The zero-order valence-electron chi connectivity index (χ0n) is 15.3. The Bertz CT molecular complexity index is 571. The molecule has 6 heteroatoms. The number of pyridine rings is 1. The van der Waals surface area contributed by atoms with Crippen LogP contribution in [0.25, 0.3) is 0 Å². The largest absolute Gasteiger partial charge is 0.474 e. The summed E-state index contributed by atoms with van der Waals surface area (Å²) in [7, 11) is 0. The van der Waals surface area contributed by atoms with E-state index in [0.717, 1.165) is 31.5 Å². The zero-order valence-corrected chi connectivity index (χ0v) is 15.3. The second-order valence-electron chi connectivity index (χ2n) is 7.03. The number of aromatic nitrogens is 1. The molecule has 0 radical (unpaired) electrons. The van der Waals surface area contributed by atoms with Gasteiger partial charge in [-0.2, -0.15) is 0 Å². The summed E-state index contributed by atoms with van der Waals surface area (Å²) in [6.07, 6.45) is 9.41. The first-order valence-corrected chi connectivity index (χ1v) is 9.64. The van der Waals surface area contributed by atoms with E-state index < -0.39 is 0 Å². The van der Waals surface area contributed by atoms with Crippen molar-refractivity contribution in [3.05, 3.63) is 23.9 Å². The van der Waals surface area contributed by atoms with Crippen LogP contribution in [0.4, 0.5) is 0 Å². The van der Waals surface area contributed by atoms with E-state index in [4.69, 9.17) is 10.5 Å². The van der Waals surface area contributed by atoms with E-state index in [9.17, 15) is 0 Å². The highest BCUT2D eigenvalue weighted by molar-refractivity contribution is 5.77. The summed E-state index contributed by atoms with van der Waals surface area (Å²) in [6, 6.07) is 4.52. The van der Waals surface area contributed by atoms with Crippen LogP contribution in [-0.2, 0) is 6.54 Å². The van der Waals surface area contributed by atoms with Crippen LogP contribution < -0.4 is 15.8 Å². The molecule has 1 aromatic heterocycles. The van der Waals surface area contributed by atoms with Crippen molar-refractivity contribution >= 4 is 5.96 Å². The number of likely N-dealkylation sites (N-methyl/N-ethyl adjacent to an activating group) is 1. The number of rotatable bonds is 7. The molecule has 2 aliphatic rings. The Hall–Kier alpha value is -1.82. The Kier molecular flexibility index (Phi) is 6.50. The summed E-state index contributed by atoms with van der Waals surface area (Å²) >= 11 is 0. The first kappa shape index (κ1) is 18.0. The highest BCUT2D eigenvalue weighted by Gasteiger charge is 2.22. The number of nitrogens with two attached hydrogens (primary N) is 1. The number of aliphatic imine (C=N–C) groups is 1. The number of guanidine groups is 1. The predicted molar refractivity (Wildman–Crippen MR) is 101 cm³/mol. The molecule has 3 rings (SSSR count). The van der Waals surface area contributed by atoms with Gasteiger partial charge in [-0.05, 0) is 63.2 Å². The van der Waals surface area contributed by atoms with E-state index in [-0.39, 0.29) is 0 Å². The van der Waals surface area contributed by atoms with Gasteiger partial charge in [-0.15, -0.1) is 0 Å². The van der Waals surface area contributed by atoms with Crippen molar-refractivity contribution in [1.82, 2.24) is 15.2 Å². The van der Waals surface area contributed by atoms with Gasteiger partial charge in [0.05, 0.1) is 6.54 Å². The Morgan fingerprint density at radius 2 is 2.20 bits per heavy atom. The smallest absolute Gasteiger partial charge is 0.213 e. The van der Waals surface area contributed by atoms with Gasteiger partial charge >= 0.3 is 0 Å². The molecular formula is C19H31N5O. The van der Waals surface area contributed by atoms with Crippen LogP contribution in [0.1, 0.15) is 51.0 Å². The third kappa shape index (κ3) is 5.33. The molecule has 1 aromatic rings. The van der Waals surface area contributed by atoms with Crippen LogP contribution in [0.3, 0.4) is 0 Å². The molecule has 1 saturated carbocycles. The number of hydrogen-bond acceptors (Lipinski definition) is 4. The minimum atomic E-state index is 0.325. The van der Waals surface area contributed by atoms with Crippen molar-refractivity contribution in [3.63, 3.8) is 0 Å². The molecule has 0 amide bonds. The van der Waals surface area contributed by atoms with Gasteiger partial charge in [0.1, 0.15) is 6.10 Å². The van der Waals surface area contributed by atoms with Crippen molar-refractivity contribution in [2.24, 2.45) is 10.7 Å². The van der Waals surface area contributed by atoms with E-state index in [1.807, 2.05) is 12.1 Å². The number of likely N-dealkylation sites (tertiary alicyclic amines) is 1. The Morgan fingerprint density at radius 3 is 3.00 bits per heavy atom. The summed E-state index contributed by atoms with van der Waals surface area (Å²) in [4.78, 5) is 11.3. The van der Waals surface area contributed by atoms with E-state index in [1.165, 1.54) is 32.2 Å². The van der Waals surface area contributed by atoms with E-state index in [0.29, 0.717) is 30.5 Å². The summed E-state index contributed by atoms with van der Waals surface area (Å²) in [5.74, 6) is 1.22. The van der Waals surface area contributed by atoms with Crippen molar-refractivity contribution in [3.8, 4) is 5.88 Å². The fraction of sp³-hybridized carbons (Fsp3) is 0.684. The van der Waals surface area contributed by atoms with E-state index in [1.54, 1.807) is 6.20 Å². The van der Waals surface area contributed by atoms with Crippen LogP contribution in [-0.4, -0.2) is 47.6 Å². The number of nitrogens with zero attached hydrogens (tertiary/aromatic N) is 3. The van der Waals surface area contributed by atoms with Gasteiger partial charge < -0.3 is 15.8 Å². The van der Waals surface area contributed by atoms with Crippen LogP contribution in [0.2, 0.25) is 0 Å². The SMILES string of the molecule is CCN1CCCC1CNC(N)=NCc1ccnc(OC2CCCC2)c1. The molecule has 1 saturated heterocycles. The third-order valence-corrected chi connectivity index (χ3v) is 5.24. The predicted octanol–water partition coefficient (Wildman–Crippen LogP) is 2.29. The molecule has 1 unspecified atom stereocenters. The maximum Gasteiger partial charge on any atom is 0.213 e. The maximum absolute atomic E-state index is 6.03. The van der Waals surface area contributed by atoms with Gasteiger partial charge in [0, 0.05) is 24.8 Å². The van der Waals surface area contributed by atoms with Crippen molar-refractivity contribution in [2.45, 2.75) is 64.1 Å². The Balaban J connectivity index is 1.47. The van der Waals surface area contributed by atoms with Crippen LogP contribution in [0.5, 0.6) is 5.88 Å². The lowest BCUT2D eigenvalue weighted by Gasteiger charge is -2.23. The fourth-order valence-electron chi connectivity index (χ4n) is 3.79. The topological polar surface area (TPSA) is 75.8 Å². The lowest BCUT2D eigenvalue weighted by atomic mass is 10.2. The molecule has 25 heavy (non-hydrogen) atoms. The standard InChI is InChI=1S/C19H31N5O/c1-2-24-11-5-6-16(24)14-23-19(20)22-13-15-9-10-21-18(12-15)25-17-7-3-4-8-17/h9-10,12,16-17H,2-8,11,13-14H2,1H3,(H3,20,22,23). The minimum absolute atomic E-state index is 0.325. The van der Waals surface area contributed by atoms with Crippen LogP contribution in [0, 0.1) is 0 Å². The summed E-state index contributed by atoms with van der Waals surface area (Å²) in [5.41, 5.74) is 7.10. The summed E-state index contributed by atoms with van der Waals surface area (Å²) in [5, 5.41) is 3.27. The van der Waals surface area contributed by atoms with Crippen molar-refractivity contribution in [1.29, 1.82) is 0 Å². The van der Waals surface area contributed by atoms with Crippen molar-refractivity contribution < 1.29 is 4.74 Å². The number of hydrogen-bond donors (Lipinski definition) is 2. The average Bonchev–Trinajstić information content (AvgIpc) is 3.29. The summed E-state index contributed by atoms with van der Waals surface area (Å²) in [6.45, 7) is 5.93. The van der Waals surface area contributed by atoms with E-state index in [2.05, 4.69) is 27.1 Å². The number of nitrogens with one attached hydrogen (secondary N) is 1. The van der Waals surface area contributed by atoms with Gasteiger partial charge in [0.15, 0.2) is 5.96 Å². The lowest BCUT2D eigenvalue weighted by Crippen LogP contribution is -2.42. The van der Waals surface area contributed by atoms with Gasteiger partial charge in [-0.3, -0.25) is 4.90 Å². The molecule has 138 valence electrons. The zero-order chi connectivity index (χ0) is 17.5. The molecule has 1 aliphatic heterocycles. The van der Waals surface area contributed by atoms with Gasteiger partial charge in [0.2, 0.25) is 5.88 Å². The summed E-state index contributed by atoms with van der Waals surface area (Å²) < 4.78 is 5.95. The monoisotopic (exact) mass is 345 g/mol. The number of ether oxygens (including phenoxy) is 1. The van der Waals surface area contributed by atoms with Crippen molar-refractivity contribution in [2.75, 3.05) is 19.6 Å². The van der Waals surface area contributed by atoms with E-state index >= 15 is 0 Å². The molecule has 0 bridgehead atoms. The van der Waals surface area contributed by atoms with Crippen LogP contribution in [0.15, 0.2) is 23.3 Å². The molecular weight excluding hydrogens is 314 g/mol. The highest BCUT2D eigenvalue weighted by atomic mass is 16.5. The van der Waals surface area contributed by atoms with Gasteiger partial charge in [0.25, 0.3) is 0 Å². The molecule has 0 aromatic carbocycles. The molecule has 2 heterocycles. The Labute approximate surface area is 150 Å². The van der Waals surface area contributed by atoms with Crippen LogP contribution >= 0.6 is 0 Å².